The fourth-order valence-corrected chi connectivity index (χ4v) is 2.89. The van der Waals surface area contributed by atoms with E-state index in [1.807, 2.05) is 6.92 Å². The monoisotopic (exact) mass is 302 g/mol. The molecule has 20 heavy (non-hydrogen) atoms. The zero-order valence-electron chi connectivity index (χ0n) is 11.2. The van der Waals surface area contributed by atoms with Gasteiger partial charge in [-0.3, -0.25) is 4.79 Å². The molecule has 6 heteroatoms. The van der Waals surface area contributed by atoms with Crippen molar-refractivity contribution in [1.82, 2.24) is 5.32 Å². The lowest BCUT2D eigenvalue weighted by Gasteiger charge is -2.26. The Bertz CT molecular complexity index is 493. The van der Waals surface area contributed by atoms with Crippen molar-refractivity contribution in [3.8, 4) is 0 Å². The Morgan fingerprint density at radius 3 is 2.80 bits per heavy atom. The van der Waals surface area contributed by atoms with Crippen LogP contribution in [0.1, 0.15) is 26.2 Å². The number of carbonyl (C=O) groups excluding carboxylic acids is 1. The number of anilines is 1. The van der Waals surface area contributed by atoms with Gasteiger partial charge in [-0.2, -0.15) is 0 Å². The Labute approximate surface area is 121 Å². The lowest BCUT2D eigenvalue weighted by atomic mass is 9.81. The summed E-state index contributed by atoms with van der Waals surface area (Å²) in [6.07, 6.45) is 2.27. The van der Waals surface area contributed by atoms with Crippen molar-refractivity contribution in [3.05, 3.63) is 28.8 Å². The van der Waals surface area contributed by atoms with Gasteiger partial charge in [-0.1, -0.05) is 24.9 Å². The normalized spacial score (nSPS) is 22.0. The van der Waals surface area contributed by atoms with Gasteiger partial charge in [0.15, 0.2) is 5.82 Å². The second-order valence-corrected chi connectivity index (χ2v) is 5.56. The molecule has 0 spiro atoms. The van der Waals surface area contributed by atoms with Gasteiger partial charge < -0.3 is 10.6 Å². The molecule has 2 rings (SSSR count). The molecule has 0 saturated carbocycles. The molecular formula is C14H17ClF2N2O. The van der Waals surface area contributed by atoms with Crippen molar-refractivity contribution in [2.24, 2.45) is 5.41 Å². The molecule has 1 aliphatic heterocycles. The Hall–Kier alpha value is -1.20. The summed E-state index contributed by atoms with van der Waals surface area (Å²) < 4.78 is 26.7. The minimum Gasteiger partial charge on any atom is -0.322 e. The summed E-state index contributed by atoms with van der Waals surface area (Å²) in [5.41, 5.74) is -0.695. The molecule has 1 saturated heterocycles. The zero-order valence-corrected chi connectivity index (χ0v) is 12.0. The molecule has 1 aromatic rings. The second-order valence-electron chi connectivity index (χ2n) is 5.16. The number of carbonyl (C=O) groups is 1. The average molecular weight is 303 g/mol. The molecule has 1 fully saturated rings. The van der Waals surface area contributed by atoms with E-state index in [2.05, 4.69) is 10.6 Å². The van der Waals surface area contributed by atoms with Crippen LogP contribution < -0.4 is 10.6 Å². The maximum absolute atomic E-state index is 13.7. The quantitative estimate of drug-likeness (QED) is 0.895. The molecule has 0 radical (unpaired) electrons. The number of halogens is 3. The lowest BCUT2D eigenvalue weighted by Crippen LogP contribution is -2.38. The lowest BCUT2D eigenvalue weighted by molar-refractivity contribution is -0.125. The summed E-state index contributed by atoms with van der Waals surface area (Å²) in [6.45, 7) is 3.32. The Balaban J connectivity index is 2.23. The number of rotatable bonds is 4. The maximum atomic E-state index is 13.7. The molecule has 1 aromatic carbocycles. The van der Waals surface area contributed by atoms with Crippen molar-refractivity contribution >= 4 is 23.2 Å². The van der Waals surface area contributed by atoms with E-state index in [4.69, 9.17) is 11.6 Å². The molecule has 0 bridgehead atoms. The molecule has 110 valence electrons. The van der Waals surface area contributed by atoms with Crippen LogP contribution in [0.3, 0.4) is 0 Å². The van der Waals surface area contributed by atoms with E-state index < -0.39 is 17.0 Å². The molecule has 1 aliphatic rings. The second kappa shape index (κ2) is 6.06. The SMILES string of the molecule is CCCC1(C(=O)Nc2c(F)cc(F)cc2Cl)CCNC1. The molecule has 1 atom stereocenters. The van der Waals surface area contributed by atoms with Crippen LogP contribution in [0.5, 0.6) is 0 Å². The van der Waals surface area contributed by atoms with Gasteiger partial charge >= 0.3 is 0 Å². The Kier molecular flexibility index (Phi) is 4.60. The number of amides is 1. The van der Waals surface area contributed by atoms with Crippen LogP contribution >= 0.6 is 11.6 Å². The highest BCUT2D eigenvalue weighted by molar-refractivity contribution is 6.33. The van der Waals surface area contributed by atoms with E-state index in [0.717, 1.165) is 19.0 Å². The molecule has 1 unspecified atom stereocenters. The number of hydrogen-bond donors (Lipinski definition) is 2. The fourth-order valence-electron chi connectivity index (χ4n) is 2.65. The molecule has 2 N–H and O–H groups in total. The zero-order chi connectivity index (χ0) is 14.8. The largest absolute Gasteiger partial charge is 0.322 e. The van der Waals surface area contributed by atoms with E-state index in [0.29, 0.717) is 25.5 Å². The summed E-state index contributed by atoms with van der Waals surface area (Å²) in [4.78, 5) is 12.4. The first kappa shape index (κ1) is 15.2. The molecule has 1 heterocycles. The van der Waals surface area contributed by atoms with E-state index in [1.165, 1.54) is 0 Å². The predicted octanol–water partition coefficient (Wildman–Crippen LogP) is 3.34. The van der Waals surface area contributed by atoms with Crippen LogP contribution in [0, 0.1) is 17.0 Å². The van der Waals surface area contributed by atoms with Gasteiger partial charge in [0.25, 0.3) is 0 Å². The third kappa shape index (κ3) is 2.94. The standard InChI is InChI=1S/C14H17ClF2N2O/c1-2-3-14(4-5-18-8-14)13(20)19-12-10(15)6-9(16)7-11(12)17/h6-7,18H,2-5,8H2,1H3,(H,19,20). The van der Waals surface area contributed by atoms with Crippen LogP contribution in [0.4, 0.5) is 14.5 Å². The average Bonchev–Trinajstić information content (AvgIpc) is 2.83. The number of hydrogen-bond acceptors (Lipinski definition) is 2. The summed E-state index contributed by atoms with van der Waals surface area (Å²) >= 11 is 5.80. The van der Waals surface area contributed by atoms with Crippen molar-refractivity contribution < 1.29 is 13.6 Å². The van der Waals surface area contributed by atoms with E-state index in [1.54, 1.807) is 0 Å². The highest BCUT2D eigenvalue weighted by Crippen LogP contribution is 2.34. The van der Waals surface area contributed by atoms with Crippen LogP contribution in [-0.2, 0) is 4.79 Å². The highest BCUT2D eigenvalue weighted by Gasteiger charge is 2.40. The minimum atomic E-state index is -0.860. The molecule has 0 aromatic heterocycles. The van der Waals surface area contributed by atoms with Gasteiger partial charge in [-0.05, 0) is 25.5 Å². The first-order valence-electron chi connectivity index (χ1n) is 6.65. The van der Waals surface area contributed by atoms with Crippen LogP contribution in [0.2, 0.25) is 5.02 Å². The number of benzene rings is 1. The maximum Gasteiger partial charge on any atom is 0.232 e. The predicted molar refractivity (Wildman–Crippen MR) is 74.8 cm³/mol. The van der Waals surface area contributed by atoms with Crippen molar-refractivity contribution in [3.63, 3.8) is 0 Å². The summed E-state index contributed by atoms with van der Waals surface area (Å²) in [5.74, 6) is -1.89. The van der Waals surface area contributed by atoms with Crippen LogP contribution in [0.15, 0.2) is 12.1 Å². The summed E-state index contributed by atoms with van der Waals surface area (Å²) in [5, 5.41) is 5.55. The third-order valence-electron chi connectivity index (χ3n) is 3.70. The van der Waals surface area contributed by atoms with Crippen LogP contribution in [-0.4, -0.2) is 19.0 Å². The first-order chi connectivity index (χ1) is 9.48. The molecule has 3 nitrogen and oxygen atoms in total. The van der Waals surface area contributed by atoms with Gasteiger partial charge in [-0.25, -0.2) is 8.78 Å². The summed E-state index contributed by atoms with van der Waals surface area (Å²) in [6, 6.07) is 1.69. The minimum absolute atomic E-state index is 0.131. The highest BCUT2D eigenvalue weighted by atomic mass is 35.5. The Morgan fingerprint density at radius 2 is 2.25 bits per heavy atom. The molecule has 1 amide bonds. The van der Waals surface area contributed by atoms with Gasteiger partial charge in [-0.15, -0.1) is 0 Å². The summed E-state index contributed by atoms with van der Waals surface area (Å²) in [7, 11) is 0. The smallest absolute Gasteiger partial charge is 0.232 e. The van der Waals surface area contributed by atoms with Gasteiger partial charge in [0.2, 0.25) is 5.91 Å². The van der Waals surface area contributed by atoms with Crippen molar-refractivity contribution in [1.29, 1.82) is 0 Å². The topological polar surface area (TPSA) is 41.1 Å². The van der Waals surface area contributed by atoms with Gasteiger partial charge in [0.05, 0.1) is 16.1 Å². The Morgan fingerprint density at radius 1 is 1.50 bits per heavy atom. The van der Waals surface area contributed by atoms with Crippen molar-refractivity contribution in [2.45, 2.75) is 26.2 Å². The van der Waals surface area contributed by atoms with E-state index in [-0.39, 0.29) is 16.6 Å². The van der Waals surface area contributed by atoms with Gasteiger partial charge in [0, 0.05) is 12.6 Å². The van der Waals surface area contributed by atoms with Gasteiger partial charge in [0.1, 0.15) is 5.82 Å². The van der Waals surface area contributed by atoms with E-state index in [9.17, 15) is 13.6 Å². The first-order valence-corrected chi connectivity index (χ1v) is 7.03. The number of nitrogens with one attached hydrogen (secondary N) is 2. The fraction of sp³-hybridized carbons (Fsp3) is 0.500. The van der Waals surface area contributed by atoms with Crippen molar-refractivity contribution in [2.75, 3.05) is 18.4 Å². The molecule has 0 aliphatic carbocycles. The van der Waals surface area contributed by atoms with Crippen LogP contribution in [0.25, 0.3) is 0 Å². The molecular weight excluding hydrogens is 286 g/mol. The van der Waals surface area contributed by atoms with E-state index >= 15 is 0 Å². The third-order valence-corrected chi connectivity index (χ3v) is 4.00.